The molecule has 0 aliphatic heterocycles. The molecule has 0 aliphatic carbocycles. The zero-order chi connectivity index (χ0) is 13.7. The lowest BCUT2D eigenvalue weighted by molar-refractivity contribution is 0.296. The minimum absolute atomic E-state index is 0.170. The number of rotatable bonds is 6. The predicted octanol–water partition coefficient (Wildman–Crippen LogP) is 2.16. The highest BCUT2D eigenvalue weighted by Gasteiger charge is 2.01. The second kappa shape index (κ2) is 6.38. The summed E-state index contributed by atoms with van der Waals surface area (Å²) in [6.07, 6.45) is 4.64. The van der Waals surface area contributed by atoms with Gasteiger partial charge in [-0.05, 0) is 38.0 Å². The van der Waals surface area contributed by atoms with Crippen LogP contribution in [0.25, 0.3) is 0 Å². The Morgan fingerprint density at radius 2 is 2.26 bits per heavy atom. The van der Waals surface area contributed by atoms with E-state index < -0.39 is 0 Å². The van der Waals surface area contributed by atoms with E-state index >= 15 is 0 Å². The van der Waals surface area contributed by atoms with Gasteiger partial charge in [0.1, 0.15) is 18.2 Å². The molecule has 1 aromatic heterocycles. The van der Waals surface area contributed by atoms with Gasteiger partial charge in [0.25, 0.3) is 0 Å². The van der Waals surface area contributed by atoms with Crippen LogP contribution in [0.3, 0.4) is 0 Å². The van der Waals surface area contributed by atoms with Crippen LogP contribution in [-0.4, -0.2) is 22.2 Å². The van der Waals surface area contributed by atoms with Gasteiger partial charge in [-0.1, -0.05) is 12.1 Å². The number of nitrogens with two attached hydrogens (primary N) is 1. The third-order valence-electron chi connectivity index (χ3n) is 2.98. The quantitative estimate of drug-likeness (QED) is 0.865. The lowest BCUT2D eigenvalue weighted by atomic mass is 10.1. The van der Waals surface area contributed by atoms with Crippen molar-refractivity contribution < 1.29 is 4.74 Å². The molecule has 0 spiro atoms. The third-order valence-corrected chi connectivity index (χ3v) is 2.98. The van der Waals surface area contributed by atoms with Crippen molar-refractivity contribution in [2.75, 3.05) is 6.61 Å². The smallest absolute Gasteiger partial charge is 0.119 e. The average molecular weight is 259 g/mol. The van der Waals surface area contributed by atoms with Crippen molar-refractivity contribution in [1.82, 2.24) is 9.55 Å². The number of hydrogen-bond acceptors (Lipinski definition) is 3. The molecule has 1 atom stereocenters. The minimum atomic E-state index is 0.170. The Morgan fingerprint density at radius 3 is 2.95 bits per heavy atom. The summed E-state index contributed by atoms with van der Waals surface area (Å²) in [7, 11) is 0. The fourth-order valence-electron chi connectivity index (χ4n) is 2.04. The Kier molecular flexibility index (Phi) is 4.58. The third kappa shape index (κ3) is 4.10. The summed E-state index contributed by atoms with van der Waals surface area (Å²) in [5.41, 5.74) is 7.02. The van der Waals surface area contributed by atoms with E-state index in [0.29, 0.717) is 6.61 Å². The van der Waals surface area contributed by atoms with Crippen molar-refractivity contribution in [2.45, 2.75) is 32.9 Å². The molecule has 0 saturated heterocycles. The normalized spacial score (nSPS) is 12.4. The summed E-state index contributed by atoms with van der Waals surface area (Å²) in [6, 6.07) is 8.30. The number of hydrogen-bond donors (Lipinski definition) is 1. The highest BCUT2D eigenvalue weighted by atomic mass is 16.5. The van der Waals surface area contributed by atoms with Crippen molar-refractivity contribution in [3.8, 4) is 5.75 Å². The van der Waals surface area contributed by atoms with Crippen molar-refractivity contribution in [2.24, 2.45) is 5.73 Å². The van der Waals surface area contributed by atoms with E-state index in [9.17, 15) is 0 Å². The first-order chi connectivity index (χ1) is 9.15. The van der Waals surface area contributed by atoms with Crippen LogP contribution < -0.4 is 10.5 Å². The van der Waals surface area contributed by atoms with E-state index in [-0.39, 0.29) is 6.04 Å². The number of aromatic nitrogens is 2. The van der Waals surface area contributed by atoms with Gasteiger partial charge in [-0.3, -0.25) is 0 Å². The lowest BCUT2D eigenvalue weighted by Crippen LogP contribution is -2.17. The maximum Gasteiger partial charge on any atom is 0.119 e. The zero-order valence-corrected chi connectivity index (χ0v) is 11.5. The van der Waals surface area contributed by atoms with E-state index in [1.54, 1.807) is 6.20 Å². The molecule has 1 aromatic carbocycles. The van der Waals surface area contributed by atoms with Gasteiger partial charge in [0, 0.05) is 18.4 Å². The van der Waals surface area contributed by atoms with Crippen LogP contribution >= 0.6 is 0 Å². The minimum Gasteiger partial charge on any atom is -0.492 e. The van der Waals surface area contributed by atoms with Crippen molar-refractivity contribution in [3.63, 3.8) is 0 Å². The first-order valence-corrected chi connectivity index (χ1v) is 6.60. The van der Waals surface area contributed by atoms with Crippen LogP contribution in [0, 0.1) is 6.92 Å². The summed E-state index contributed by atoms with van der Waals surface area (Å²) >= 11 is 0. The molecule has 19 heavy (non-hydrogen) atoms. The molecule has 0 saturated carbocycles. The molecule has 1 heterocycles. The van der Waals surface area contributed by atoms with Crippen LogP contribution in [0.5, 0.6) is 5.75 Å². The zero-order valence-electron chi connectivity index (χ0n) is 11.5. The van der Waals surface area contributed by atoms with Gasteiger partial charge in [0.05, 0.1) is 6.54 Å². The van der Waals surface area contributed by atoms with Crippen LogP contribution in [0.15, 0.2) is 36.7 Å². The van der Waals surface area contributed by atoms with Crippen LogP contribution in [0.2, 0.25) is 0 Å². The van der Waals surface area contributed by atoms with Gasteiger partial charge in [-0.2, -0.15) is 0 Å². The largest absolute Gasteiger partial charge is 0.492 e. The summed E-state index contributed by atoms with van der Waals surface area (Å²) < 4.78 is 7.84. The molecule has 0 bridgehead atoms. The standard InChI is InChI=1S/C15H21N3O/c1-12(16)10-14-4-3-5-15(11-14)19-9-8-18-7-6-17-13(18)2/h3-7,11-12H,8-10,16H2,1-2H3. The molecular weight excluding hydrogens is 238 g/mol. The first-order valence-electron chi connectivity index (χ1n) is 6.60. The lowest BCUT2D eigenvalue weighted by Gasteiger charge is -2.10. The van der Waals surface area contributed by atoms with Gasteiger partial charge in [-0.25, -0.2) is 4.98 Å². The van der Waals surface area contributed by atoms with Crippen molar-refractivity contribution >= 4 is 0 Å². The number of ether oxygens (including phenoxy) is 1. The van der Waals surface area contributed by atoms with Crippen LogP contribution in [0.4, 0.5) is 0 Å². The summed E-state index contributed by atoms with van der Waals surface area (Å²) in [6.45, 7) is 5.45. The van der Waals surface area contributed by atoms with E-state index in [0.717, 1.165) is 24.5 Å². The van der Waals surface area contributed by atoms with Crippen molar-refractivity contribution in [1.29, 1.82) is 0 Å². The topological polar surface area (TPSA) is 53.1 Å². The maximum atomic E-state index is 5.80. The highest BCUT2D eigenvalue weighted by Crippen LogP contribution is 2.14. The number of aryl methyl sites for hydroxylation is 1. The Morgan fingerprint density at radius 1 is 1.42 bits per heavy atom. The Balaban J connectivity index is 1.87. The Labute approximate surface area is 114 Å². The molecule has 1 unspecified atom stereocenters. The maximum absolute atomic E-state index is 5.80. The Bertz CT molecular complexity index is 520. The average Bonchev–Trinajstić information content (AvgIpc) is 2.75. The van der Waals surface area contributed by atoms with Gasteiger partial charge < -0.3 is 15.0 Å². The fraction of sp³-hybridized carbons (Fsp3) is 0.400. The molecule has 2 aromatic rings. The molecule has 2 N–H and O–H groups in total. The van der Waals surface area contributed by atoms with E-state index in [4.69, 9.17) is 10.5 Å². The molecule has 4 heteroatoms. The fourth-order valence-corrected chi connectivity index (χ4v) is 2.04. The molecule has 2 rings (SSSR count). The summed E-state index contributed by atoms with van der Waals surface area (Å²) in [4.78, 5) is 4.18. The number of nitrogens with zero attached hydrogens (tertiary/aromatic N) is 2. The summed E-state index contributed by atoms with van der Waals surface area (Å²) in [5, 5.41) is 0. The van der Waals surface area contributed by atoms with Gasteiger partial charge >= 0.3 is 0 Å². The Hall–Kier alpha value is -1.81. The predicted molar refractivity (Wildman–Crippen MR) is 76.3 cm³/mol. The molecule has 0 amide bonds. The van der Waals surface area contributed by atoms with Crippen molar-refractivity contribution in [3.05, 3.63) is 48.0 Å². The highest BCUT2D eigenvalue weighted by molar-refractivity contribution is 5.29. The number of benzene rings is 1. The molecule has 102 valence electrons. The first kappa shape index (κ1) is 13.6. The van der Waals surface area contributed by atoms with E-state index in [1.807, 2.05) is 32.2 Å². The molecule has 4 nitrogen and oxygen atoms in total. The van der Waals surface area contributed by atoms with E-state index in [1.165, 1.54) is 5.56 Å². The SMILES string of the molecule is Cc1nccn1CCOc1cccc(CC(C)N)c1. The molecule has 0 fully saturated rings. The van der Waals surface area contributed by atoms with Gasteiger partial charge in [0.2, 0.25) is 0 Å². The molecular formula is C15H21N3O. The van der Waals surface area contributed by atoms with Crippen LogP contribution in [0.1, 0.15) is 18.3 Å². The second-order valence-corrected chi connectivity index (χ2v) is 4.85. The second-order valence-electron chi connectivity index (χ2n) is 4.85. The van der Waals surface area contributed by atoms with Crippen LogP contribution in [-0.2, 0) is 13.0 Å². The van der Waals surface area contributed by atoms with Gasteiger partial charge in [-0.15, -0.1) is 0 Å². The van der Waals surface area contributed by atoms with Gasteiger partial charge in [0.15, 0.2) is 0 Å². The molecule has 0 radical (unpaired) electrons. The monoisotopic (exact) mass is 259 g/mol. The summed E-state index contributed by atoms with van der Waals surface area (Å²) in [5.74, 6) is 1.91. The number of imidazole rings is 1. The van der Waals surface area contributed by atoms with E-state index in [2.05, 4.69) is 21.7 Å². The molecule has 0 aliphatic rings.